The predicted molar refractivity (Wildman–Crippen MR) is 224 cm³/mol. The van der Waals surface area contributed by atoms with Crippen LogP contribution in [0.2, 0.25) is 0 Å². The molecule has 0 N–H and O–H groups in total. The lowest BCUT2D eigenvalue weighted by Gasteiger charge is -2.58. The standard InChI is InChI=1S/C49H47N5/c1-47(2)37-22-15-23-38-44(37)54-45-39(47)27-35(52(32-17-9-7-10-18-32)34-21-16-25-50-31-34)28-41(45)49(5,6)42-30-36(29-40(46(42)54)48(38,3)4)53(33-19-11-8-12-20-33)43-24-13-14-26-51-43/h7-15,17-24,26-28,30-31,36H,16,25,29H2,1-6H3. The van der Waals surface area contributed by atoms with Crippen LogP contribution in [0.5, 0.6) is 0 Å². The molecule has 0 bridgehead atoms. The molecule has 5 heteroatoms. The van der Waals surface area contributed by atoms with Crippen LogP contribution in [0.4, 0.5) is 34.3 Å². The minimum atomic E-state index is -0.310. The molecule has 5 nitrogen and oxygen atoms in total. The summed E-state index contributed by atoms with van der Waals surface area (Å²) >= 11 is 0. The van der Waals surface area contributed by atoms with Crippen molar-refractivity contribution >= 4 is 40.5 Å². The highest BCUT2D eigenvalue weighted by Crippen LogP contribution is 2.66. The Morgan fingerprint density at radius 3 is 1.96 bits per heavy atom. The Morgan fingerprint density at radius 2 is 1.30 bits per heavy atom. The summed E-state index contributed by atoms with van der Waals surface area (Å²) < 4.78 is 0. The van der Waals surface area contributed by atoms with Gasteiger partial charge in [-0.3, -0.25) is 4.99 Å². The van der Waals surface area contributed by atoms with Gasteiger partial charge in [0.05, 0.1) is 28.8 Å². The van der Waals surface area contributed by atoms with Gasteiger partial charge < -0.3 is 14.7 Å². The molecule has 54 heavy (non-hydrogen) atoms. The first-order chi connectivity index (χ1) is 26.1. The molecular weight excluding hydrogens is 659 g/mol. The van der Waals surface area contributed by atoms with Crippen LogP contribution in [0.3, 0.4) is 0 Å². The largest absolute Gasteiger partial charge is 0.319 e. The van der Waals surface area contributed by atoms with Gasteiger partial charge in [-0.2, -0.15) is 0 Å². The van der Waals surface area contributed by atoms with Gasteiger partial charge in [-0.15, -0.1) is 0 Å². The number of pyridine rings is 1. The molecule has 4 aromatic carbocycles. The Balaban J connectivity index is 1.27. The van der Waals surface area contributed by atoms with E-state index in [0.717, 1.165) is 42.3 Å². The van der Waals surface area contributed by atoms with Gasteiger partial charge >= 0.3 is 0 Å². The lowest BCUT2D eigenvalue weighted by atomic mass is 9.58. The fraction of sp³-hybridized carbons (Fsp3) is 0.265. The van der Waals surface area contributed by atoms with Gasteiger partial charge in [-0.1, -0.05) is 114 Å². The van der Waals surface area contributed by atoms with Gasteiger partial charge in [0.15, 0.2) is 0 Å². The van der Waals surface area contributed by atoms with Crippen LogP contribution in [0.25, 0.3) is 0 Å². The number of hydrogen-bond acceptors (Lipinski definition) is 5. The number of allylic oxidation sites excluding steroid dienone is 2. The average Bonchev–Trinajstić information content (AvgIpc) is 3.19. The maximum atomic E-state index is 4.95. The molecule has 5 heterocycles. The zero-order chi connectivity index (χ0) is 37.0. The molecular formula is C49H47N5. The molecule has 5 aliphatic rings. The quantitative estimate of drug-likeness (QED) is 0.176. The Bertz CT molecular complexity index is 2410. The van der Waals surface area contributed by atoms with Crippen LogP contribution in [-0.4, -0.2) is 23.8 Å². The monoisotopic (exact) mass is 705 g/mol. The van der Waals surface area contributed by atoms with Crippen molar-refractivity contribution < 1.29 is 0 Å². The number of hydrogen-bond donors (Lipinski definition) is 0. The van der Waals surface area contributed by atoms with Crippen molar-refractivity contribution in [1.82, 2.24) is 4.98 Å². The number of para-hydroxylation sites is 3. The summed E-state index contributed by atoms with van der Waals surface area (Å²) in [6.45, 7) is 15.5. The maximum Gasteiger partial charge on any atom is 0.133 e. The number of benzene rings is 4. The summed E-state index contributed by atoms with van der Waals surface area (Å²) in [5, 5.41) is 0. The van der Waals surface area contributed by atoms with Crippen molar-refractivity contribution in [2.24, 2.45) is 4.99 Å². The summed E-state index contributed by atoms with van der Waals surface area (Å²) in [5.41, 5.74) is 16.4. The lowest BCUT2D eigenvalue weighted by molar-refractivity contribution is 0.501. The third kappa shape index (κ3) is 4.57. The summed E-state index contributed by atoms with van der Waals surface area (Å²) in [6.07, 6.45) is 10.7. The molecule has 5 aromatic rings. The predicted octanol–water partition coefficient (Wildman–Crippen LogP) is 11.7. The normalized spacial score (nSPS) is 20.5. The van der Waals surface area contributed by atoms with Gasteiger partial charge in [-0.25, -0.2) is 4.98 Å². The maximum absolute atomic E-state index is 4.95. The van der Waals surface area contributed by atoms with Crippen LogP contribution >= 0.6 is 0 Å². The molecule has 1 aromatic heterocycles. The fourth-order valence-electron chi connectivity index (χ4n) is 10.0. The van der Waals surface area contributed by atoms with Crippen molar-refractivity contribution in [1.29, 1.82) is 0 Å². The molecule has 0 radical (unpaired) electrons. The van der Waals surface area contributed by atoms with Crippen molar-refractivity contribution in [3.8, 4) is 0 Å². The second-order valence-electron chi connectivity index (χ2n) is 17.0. The molecule has 1 atom stereocenters. The SMILES string of the molecule is CC1(C)C2=CC(N(c3ccccc3)c3ccccn3)CC3=C2N2c4c1cc(N(C1=CCCN=C1)c1ccccc1)cc4C(C)(C)c1cccc(c12)C3(C)C. The van der Waals surface area contributed by atoms with Crippen LogP contribution in [0.1, 0.15) is 76.6 Å². The van der Waals surface area contributed by atoms with Crippen LogP contribution in [0.15, 0.2) is 155 Å². The molecule has 0 saturated heterocycles. The summed E-state index contributed by atoms with van der Waals surface area (Å²) in [7, 11) is 0. The van der Waals surface area contributed by atoms with Crippen molar-refractivity contribution in [3.63, 3.8) is 0 Å². The van der Waals surface area contributed by atoms with Gasteiger partial charge in [0.1, 0.15) is 5.82 Å². The van der Waals surface area contributed by atoms with Gasteiger partial charge in [0.25, 0.3) is 0 Å². The minimum absolute atomic E-state index is 0.0641. The Morgan fingerprint density at radius 1 is 0.648 bits per heavy atom. The van der Waals surface area contributed by atoms with E-state index in [2.05, 4.69) is 178 Å². The van der Waals surface area contributed by atoms with Gasteiger partial charge in [0.2, 0.25) is 0 Å². The van der Waals surface area contributed by atoms with E-state index in [0.29, 0.717) is 0 Å². The number of anilines is 6. The number of nitrogens with zero attached hydrogens (tertiary/aromatic N) is 5. The third-order valence-corrected chi connectivity index (χ3v) is 12.9. The Hall–Kier alpha value is -5.68. The number of aromatic nitrogens is 1. The molecule has 4 aliphatic heterocycles. The van der Waals surface area contributed by atoms with Crippen LogP contribution < -0.4 is 14.7 Å². The zero-order valence-electron chi connectivity index (χ0n) is 32.1. The third-order valence-electron chi connectivity index (χ3n) is 12.9. The summed E-state index contributed by atoms with van der Waals surface area (Å²) in [5.74, 6) is 0.963. The van der Waals surface area contributed by atoms with E-state index >= 15 is 0 Å². The van der Waals surface area contributed by atoms with Gasteiger partial charge in [0, 0.05) is 52.3 Å². The fourth-order valence-corrected chi connectivity index (χ4v) is 10.0. The first-order valence-electron chi connectivity index (χ1n) is 19.5. The number of aliphatic imine (C=N–C) groups is 1. The molecule has 1 unspecified atom stereocenters. The Kier molecular flexibility index (Phi) is 7.11. The molecule has 0 saturated carbocycles. The van der Waals surface area contributed by atoms with E-state index in [1.165, 1.54) is 56.2 Å². The van der Waals surface area contributed by atoms with E-state index in [9.17, 15) is 0 Å². The highest BCUT2D eigenvalue weighted by molar-refractivity contribution is 5.96. The first kappa shape index (κ1) is 32.9. The molecule has 0 amide bonds. The lowest BCUT2D eigenvalue weighted by Crippen LogP contribution is -2.50. The zero-order valence-corrected chi connectivity index (χ0v) is 32.1. The van der Waals surface area contributed by atoms with Crippen LogP contribution in [0, 0.1) is 0 Å². The van der Waals surface area contributed by atoms with Crippen LogP contribution in [-0.2, 0) is 16.2 Å². The summed E-state index contributed by atoms with van der Waals surface area (Å²) in [4.78, 5) is 17.3. The smallest absolute Gasteiger partial charge is 0.133 e. The molecule has 1 aliphatic carbocycles. The van der Waals surface area contributed by atoms with Gasteiger partial charge in [-0.05, 0) is 94.8 Å². The highest BCUT2D eigenvalue weighted by Gasteiger charge is 2.55. The molecule has 10 rings (SSSR count). The van der Waals surface area contributed by atoms with Crippen molar-refractivity contribution in [3.05, 3.63) is 172 Å². The van der Waals surface area contributed by atoms with E-state index in [4.69, 9.17) is 9.98 Å². The minimum Gasteiger partial charge on any atom is -0.319 e. The second-order valence-corrected chi connectivity index (χ2v) is 17.0. The second kappa shape index (κ2) is 11.7. The van der Waals surface area contributed by atoms with Crippen molar-refractivity contribution in [2.75, 3.05) is 21.2 Å². The van der Waals surface area contributed by atoms with E-state index in [-0.39, 0.29) is 22.3 Å². The van der Waals surface area contributed by atoms with E-state index in [1.807, 2.05) is 12.3 Å². The summed E-state index contributed by atoms with van der Waals surface area (Å²) in [6, 6.07) is 40.0. The number of rotatable bonds is 6. The van der Waals surface area contributed by atoms with E-state index < -0.39 is 0 Å². The van der Waals surface area contributed by atoms with Crippen molar-refractivity contribution in [2.45, 2.75) is 76.7 Å². The number of dihydropyridines is 1. The Labute approximate surface area is 319 Å². The molecule has 0 fully saturated rings. The average molecular weight is 706 g/mol. The topological polar surface area (TPSA) is 35.0 Å². The first-order valence-corrected chi connectivity index (χ1v) is 19.5. The highest BCUT2D eigenvalue weighted by atomic mass is 15.2. The van der Waals surface area contributed by atoms with E-state index in [1.54, 1.807) is 0 Å². The molecule has 0 spiro atoms. The molecule has 268 valence electrons.